The number of amides is 1. The Bertz CT molecular complexity index is 850. The second kappa shape index (κ2) is 8.50. The lowest BCUT2D eigenvalue weighted by Gasteiger charge is -2.30. The summed E-state index contributed by atoms with van der Waals surface area (Å²) in [4.78, 5) is 23.0. The zero-order chi connectivity index (χ0) is 20.3. The van der Waals surface area contributed by atoms with E-state index in [1.807, 2.05) is 32.0 Å². The molecule has 0 radical (unpaired) electrons. The molecule has 0 saturated heterocycles. The van der Waals surface area contributed by atoms with Gasteiger partial charge in [-0.15, -0.1) is 0 Å². The predicted octanol–water partition coefficient (Wildman–Crippen LogP) is 3.28. The Hall–Kier alpha value is -2.77. The van der Waals surface area contributed by atoms with Crippen LogP contribution >= 0.6 is 0 Å². The molecular formula is C20H25F2N5O. The van der Waals surface area contributed by atoms with Gasteiger partial charge in [0.15, 0.2) is 11.6 Å². The number of hydrogen-bond acceptors (Lipinski definition) is 5. The van der Waals surface area contributed by atoms with E-state index in [-0.39, 0.29) is 23.6 Å². The first-order chi connectivity index (χ1) is 13.3. The van der Waals surface area contributed by atoms with Crippen LogP contribution in [0.3, 0.4) is 0 Å². The van der Waals surface area contributed by atoms with Crippen LogP contribution < -0.4 is 15.5 Å². The Morgan fingerprint density at radius 3 is 2.36 bits per heavy atom. The molecule has 1 saturated carbocycles. The minimum Gasteiger partial charge on any atom is -0.367 e. The third-order valence-corrected chi connectivity index (χ3v) is 4.88. The van der Waals surface area contributed by atoms with E-state index in [4.69, 9.17) is 0 Å². The monoisotopic (exact) mass is 389 g/mol. The average molecular weight is 389 g/mol. The molecular weight excluding hydrogens is 364 g/mol. The molecule has 1 aromatic carbocycles. The van der Waals surface area contributed by atoms with Crippen LogP contribution in [0, 0.1) is 18.6 Å². The largest absolute Gasteiger partial charge is 0.367 e. The van der Waals surface area contributed by atoms with Crippen LogP contribution in [-0.4, -0.2) is 42.1 Å². The first kappa shape index (κ1) is 20.0. The van der Waals surface area contributed by atoms with Crippen LogP contribution in [0.5, 0.6) is 0 Å². The van der Waals surface area contributed by atoms with Gasteiger partial charge in [-0.1, -0.05) is 0 Å². The molecule has 1 fully saturated rings. The van der Waals surface area contributed by atoms with Crippen LogP contribution in [0.25, 0.3) is 0 Å². The van der Waals surface area contributed by atoms with E-state index >= 15 is 0 Å². The summed E-state index contributed by atoms with van der Waals surface area (Å²) in [6, 6.07) is 5.39. The fourth-order valence-corrected chi connectivity index (χ4v) is 3.35. The number of nitrogens with one attached hydrogen (secondary N) is 2. The average Bonchev–Trinajstić information content (AvgIpc) is 2.65. The van der Waals surface area contributed by atoms with Crippen molar-refractivity contribution in [1.29, 1.82) is 0 Å². The number of rotatable bonds is 5. The van der Waals surface area contributed by atoms with Gasteiger partial charge in [-0.2, -0.15) is 0 Å². The molecule has 0 unspecified atom stereocenters. The molecule has 3 rings (SSSR count). The van der Waals surface area contributed by atoms with Gasteiger partial charge in [-0.25, -0.2) is 18.7 Å². The van der Waals surface area contributed by atoms with E-state index in [1.165, 1.54) is 6.07 Å². The van der Waals surface area contributed by atoms with E-state index in [1.54, 1.807) is 0 Å². The number of hydrogen-bond donors (Lipinski definition) is 2. The number of carbonyl (C=O) groups excluding carboxylic acids is 1. The summed E-state index contributed by atoms with van der Waals surface area (Å²) >= 11 is 0. The minimum atomic E-state index is -1.02. The molecule has 150 valence electrons. The topological polar surface area (TPSA) is 70.2 Å². The van der Waals surface area contributed by atoms with E-state index in [0.717, 1.165) is 49.5 Å². The van der Waals surface area contributed by atoms with Crippen molar-refractivity contribution in [3.8, 4) is 0 Å². The van der Waals surface area contributed by atoms with E-state index in [2.05, 4.69) is 20.6 Å². The summed E-state index contributed by atoms with van der Waals surface area (Å²) in [5, 5.41) is 6.37. The normalized spacial score (nSPS) is 19.2. The maximum Gasteiger partial charge on any atom is 0.251 e. The molecule has 1 aliphatic carbocycles. The van der Waals surface area contributed by atoms with Crippen molar-refractivity contribution in [3.05, 3.63) is 47.3 Å². The molecule has 8 heteroatoms. The van der Waals surface area contributed by atoms with Crippen molar-refractivity contribution < 1.29 is 13.6 Å². The summed E-state index contributed by atoms with van der Waals surface area (Å²) in [5.41, 5.74) is 0.131. The molecule has 0 atom stereocenters. The van der Waals surface area contributed by atoms with Gasteiger partial charge in [0.2, 0.25) is 0 Å². The standard InChI is InChI=1S/C20H25F2N5O/c1-12-23-18(11-19(24-12)27(2)3)25-14-5-7-15(8-6-14)26-20(28)13-4-9-16(21)17(22)10-13/h4,9-11,14-15H,5-8H2,1-3H3,(H,26,28)(H,23,24,25). The minimum absolute atomic E-state index is 0.0168. The Balaban J connectivity index is 1.53. The smallest absolute Gasteiger partial charge is 0.251 e. The van der Waals surface area contributed by atoms with Crippen LogP contribution in [0.4, 0.5) is 20.4 Å². The first-order valence-electron chi connectivity index (χ1n) is 9.37. The highest BCUT2D eigenvalue weighted by Gasteiger charge is 2.23. The highest BCUT2D eigenvalue weighted by molar-refractivity contribution is 5.94. The number of carbonyl (C=O) groups is 1. The van der Waals surface area contributed by atoms with Crippen molar-refractivity contribution >= 4 is 17.5 Å². The number of aryl methyl sites for hydroxylation is 1. The molecule has 1 aromatic heterocycles. The Labute approximate surface area is 163 Å². The maximum absolute atomic E-state index is 13.3. The molecule has 1 heterocycles. The number of halogens is 2. The van der Waals surface area contributed by atoms with Gasteiger partial charge in [0.1, 0.15) is 17.5 Å². The Morgan fingerprint density at radius 1 is 1.04 bits per heavy atom. The van der Waals surface area contributed by atoms with Crippen molar-refractivity contribution in [3.63, 3.8) is 0 Å². The number of benzene rings is 1. The second-order valence-corrected chi connectivity index (χ2v) is 7.35. The lowest BCUT2D eigenvalue weighted by Crippen LogP contribution is -2.40. The van der Waals surface area contributed by atoms with Crippen LogP contribution in [0.15, 0.2) is 24.3 Å². The van der Waals surface area contributed by atoms with Crippen molar-refractivity contribution in [2.24, 2.45) is 0 Å². The zero-order valence-electron chi connectivity index (χ0n) is 16.3. The first-order valence-corrected chi connectivity index (χ1v) is 9.37. The fourth-order valence-electron chi connectivity index (χ4n) is 3.35. The molecule has 2 aromatic rings. The van der Waals surface area contributed by atoms with E-state index < -0.39 is 11.6 Å². The SMILES string of the molecule is Cc1nc(NC2CCC(NC(=O)c3ccc(F)c(F)c3)CC2)cc(N(C)C)n1. The Morgan fingerprint density at radius 2 is 1.71 bits per heavy atom. The summed E-state index contributed by atoms with van der Waals surface area (Å²) in [6.07, 6.45) is 3.36. The van der Waals surface area contributed by atoms with Gasteiger partial charge in [0.05, 0.1) is 0 Å². The molecule has 1 amide bonds. The molecule has 6 nitrogen and oxygen atoms in total. The summed E-state index contributed by atoms with van der Waals surface area (Å²) < 4.78 is 26.3. The van der Waals surface area contributed by atoms with Gasteiger partial charge in [0, 0.05) is 37.8 Å². The van der Waals surface area contributed by atoms with Crippen molar-refractivity contribution in [2.45, 2.75) is 44.7 Å². The van der Waals surface area contributed by atoms with Crippen LogP contribution in [0.1, 0.15) is 41.9 Å². The third kappa shape index (κ3) is 4.94. The Kier molecular flexibility index (Phi) is 6.06. The third-order valence-electron chi connectivity index (χ3n) is 4.88. The van der Waals surface area contributed by atoms with Gasteiger partial charge in [0.25, 0.3) is 5.91 Å². The number of anilines is 2. The predicted molar refractivity (Wildman–Crippen MR) is 105 cm³/mol. The van der Waals surface area contributed by atoms with E-state index in [0.29, 0.717) is 5.82 Å². The fraction of sp³-hybridized carbons (Fsp3) is 0.450. The van der Waals surface area contributed by atoms with Crippen LogP contribution in [-0.2, 0) is 0 Å². The zero-order valence-corrected chi connectivity index (χ0v) is 16.3. The molecule has 0 aliphatic heterocycles. The van der Waals surface area contributed by atoms with Crippen molar-refractivity contribution in [2.75, 3.05) is 24.3 Å². The highest BCUT2D eigenvalue weighted by Crippen LogP contribution is 2.23. The quantitative estimate of drug-likeness (QED) is 0.821. The lowest BCUT2D eigenvalue weighted by molar-refractivity contribution is 0.0926. The van der Waals surface area contributed by atoms with Crippen LogP contribution in [0.2, 0.25) is 0 Å². The molecule has 0 bridgehead atoms. The second-order valence-electron chi connectivity index (χ2n) is 7.35. The highest BCUT2D eigenvalue weighted by atomic mass is 19.2. The summed E-state index contributed by atoms with van der Waals surface area (Å²) in [6.45, 7) is 1.86. The molecule has 2 N–H and O–H groups in total. The maximum atomic E-state index is 13.3. The summed E-state index contributed by atoms with van der Waals surface area (Å²) in [5.74, 6) is 0.00445. The lowest BCUT2D eigenvalue weighted by atomic mass is 9.91. The number of aromatic nitrogens is 2. The van der Waals surface area contributed by atoms with Gasteiger partial charge in [-0.05, 0) is 50.8 Å². The molecule has 1 aliphatic rings. The molecule has 0 spiro atoms. The van der Waals surface area contributed by atoms with E-state index in [9.17, 15) is 13.6 Å². The summed E-state index contributed by atoms with van der Waals surface area (Å²) in [7, 11) is 3.87. The molecule has 28 heavy (non-hydrogen) atoms. The van der Waals surface area contributed by atoms with Gasteiger partial charge >= 0.3 is 0 Å². The number of nitrogens with zero attached hydrogens (tertiary/aromatic N) is 3. The van der Waals surface area contributed by atoms with Gasteiger partial charge in [-0.3, -0.25) is 4.79 Å². The van der Waals surface area contributed by atoms with Crippen molar-refractivity contribution in [1.82, 2.24) is 15.3 Å². The van der Waals surface area contributed by atoms with Gasteiger partial charge < -0.3 is 15.5 Å².